The summed E-state index contributed by atoms with van der Waals surface area (Å²) in [6.07, 6.45) is -7.92. The Balaban J connectivity index is 1.65. The number of anilines is 1. The first kappa shape index (κ1) is 29.2. The van der Waals surface area contributed by atoms with Crippen LogP contribution in [0.2, 0.25) is 0 Å². The third kappa shape index (κ3) is 6.94. The van der Waals surface area contributed by atoms with Gasteiger partial charge in [-0.1, -0.05) is 6.07 Å². The summed E-state index contributed by atoms with van der Waals surface area (Å²) >= 11 is 0. The fourth-order valence-corrected chi connectivity index (χ4v) is 6.67. The molecule has 1 heterocycles. The van der Waals surface area contributed by atoms with Crippen LogP contribution in [0.1, 0.15) is 30.9 Å². The van der Waals surface area contributed by atoms with E-state index in [4.69, 9.17) is 0 Å². The van der Waals surface area contributed by atoms with Crippen molar-refractivity contribution in [3.05, 3.63) is 53.6 Å². The van der Waals surface area contributed by atoms with Gasteiger partial charge in [0.15, 0.2) is 19.7 Å². The molecule has 0 saturated carbocycles. The maximum Gasteiger partial charge on any atom is 0.416 e. The van der Waals surface area contributed by atoms with E-state index in [2.05, 4.69) is 11.0 Å². The summed E-state index contributed by atoms with van der Waals surface area (Å²) in [5, 5.41) is 0.641. The largest absolute Gasteiger partial charge is 0.416 e. The van der Waals surface area contributed by atoms with Crippen molar-refractivity contribution in [3.63, 3.8) is 0 Å². The van der Waals surface area contributed by atoms with E-state index >= 15 is 0 Å². The Morgan fingerprint density at radius 3 is 2.00 bits per heavy atom. The molecule has 0 radical (unpaired) electrons. The average molecular weight is 574 g/mol. The Hall–Kier alpha value is -2.36. The van der Waals surface area contributed by atoms with Crippen molar-refractivity contribution < 1.29 is 43.2 Å². The molecule has 2 aromatic rings. The second-order valence-electron chi connectivity index (χ2n) is 8.82. The highest BCUT2D eigenvalue weighted by Crippen LogP contribution is 2.35. The van der Waals surface area contributed by atoms with E-state index in [-0.39, 0.29) is 24.7 Å². The summed E-state index contributed by atoms with van der Waals surface area (Å²) in [7, 11) is -8.05. The number of alkyl halides is 6. The van der Waals surface area contributed by atoms with E-state index < -0.39 is 58.2 Å². The first-order valence-electron chi connectivity index (χ1n) is 11.0. The highest BCUT2D eigenvalue weighted by Gasteiger charge is 2.36. The Kier molecular flexibility index (Phi) is 8.23. The van der Waals surface area contributed by atoms with Gasteiger partial charge in [0, 0.05) is 19.3 Å². The van der Waals surface area contributed by atoms with Gasteiger partial charge in [0.05, 0.1) is 31.9 Å². The molecule has 0 amide bonds. The molecule has 0 aromatic heterocycles. The van der Waals surface area contributed by atoms with Crippen molar-refractivity contribution in [2.75, 3.05) is 24.8 Å². The van der Waals surface area contributed by atoms with Crippen LogP contribution in [-0.2, 0) is 32.0 Å². The van der Waals surface area contributed by atoms with Crippen LogP contribution < -0.4 is 11.0 Å². The Labute approximate surface area is 210 Å². The quantitative estimate of drug-likeness (QED) is 0.371. The van der Waals surface area contributed by atoms with Gasteiger partial charge in [0.2, 0.25) is 0 Å². The minimum absolute atomic E-state index is 0.0990. The van der Waals surface area contributed by atoms with Crippen molar-refractivity contribution in [2.24, 2.45) is 5.92 Å². The number of sulfone groups is 2. The minimum Gasteiger partial charge on any atom is -0.307 e. The van der Waals surface area contributed by atoms with Crippen molar-refractivity contribution >= 4 is 25.4 Å². The Morgan fingerprint density at radius 1 is 0.892 bits per heavy atom. The number of benzene rings is 2. The predicted molar refractivity (Wildman–Crippen MR) is 124 cm³/mol. The van der Waals surface area contributed by atoms with Gasteiger partial charge in [-0.15, -0.1) is 0 Å². The van der Waals surface area contributed by atoms with Gasteiger partial charge >= 0.3 is 12.4 Å². The second kappa shape index (κ2) is 10.4. The molecule has 1 aliphatic rings. The van der Waals surface area contributed by atoms with E-state index in [1.54, 1.807) is 5.01 Å². The molecule has 37 heavy (non-hydrogen) atoms. The molecule has 0 bridgehead atoms. The van der Waals surface area contributed by atoms with Crippen LogP contribution in [-0.4, -0.2) is 46.4 Å². The van der Waals surface area contributed by atoms with E-state index in [1.165, 1.54) is 6.92 Å². The molecule has 1 aliphatic heterocycles. The fourth-order valence-electron chi connectivity index (χ4n) is 4.05. The van der Waals surface area contributed by atoms with E-state index in [1.807, 2.05) is 0 Å². The van der Waals surface area contributed by atoms with Crippen LogP contribution in [0.4, 0.5) is 32.0 Å². The molecule has 3 rings (SSSR count). The first-order chi connectivity index (χ1) is 16.9. The van der Waals surface area contributed by atoms with Gasteiger partial charge in [-0.2, -0.15) is 31.9 Å². The molecular formula is C22H25F6N3O4S2. The lowest BCUT2D eigenvalue weighted by molar-refractivity contribution is -0.138. The third-order valence-electron chi connectivity index (χ3n) is 6.24. The van der Waals surface area contributed by atoms with Crippen LogP contribution in [0.15, 0.2) is 52.3 Å². The highest BCUT2D eigenvalue weighted by atomic mass is 32.2. The van der Waals surface area contributed by atoms with Gasteiger partial charge < -0.3 is 5.43 Å². The molecule has 206 valence electrons. The smallest absolute Gasteiger partial charge is 0.307 e. The number of hydrogen-bond acceptors (Lipinski definition) is 7. The van der Waals surface area contributed by atoms with E-state index in [0.29, 0.717) is 25.0 Å². The van der Waals surface area contributed by atoms with Crippen molar-refractivity contribution in [1.82, 2.24) is 10.5 Å². The van der Waals surface area contributed by atoms with Crippen molar-refractivity contribution in [1.29, 1.82) is 0 Å². The summed E-state index contributed by atoms with van der Waals surface area (Å²) in [6, 6.07) is 5.86. The van der Waals surface area contributed by atoms with E-state index in [0.717, 1.165) is 36.6 Å². The monoisotopic (exact) mass is 573 g/mol. The number of hydrogen-bond donors (Lipinski definition) is 2. The van der Waals surface area contributed by atoms with Crippen LogP contribution in [0.5, 0.6) is 0 Å². The minimum atomic E-state index is -4.72. The van der Waals surface area contributed by atoms with Gasteiger partial charge in [-0.3, -0.25) is 0 Å². The molecular weight excluding hydrogens is 548 g/mol. The summed E-state index contributed by atoms with van der Waals surface area (Å²) in [4.78, 5) is -0.960. The maximum absolute atomic E-state index is 13.0. The zero-order valence-electron chi connectivity index (χ0n) is 19.7. The second-order valence-corrected chi connectivity index (χ2v) is 13.1. The first-order valence-corrected chi connectivity index (χ1v) is 14.4. The van der Waals surface area contributed by atoms with Crippen LogP contribution in [0.3, 0.4) is 0 Å². The molecule has 1 atom stereocenters. The highest BCUT2D eigenvalue weighted by molar-refractivity contribution is 7.92. The molecule has 2 aromatic carbocycles. The fraction of sp³-hybridized carbons (Fsp3) is 0.455. The van der Waals surface area contributed by atoms with Gasteiger partial charge in [-0.05, 0) is 62.1 Å². The lowest BCUT2D eigenvalue weighted by Crippen LogP contribution is -2.48. The molecule has 15 heteroatoms. The molecule has 1 saturated heterocycles. The lowest BCUT2D eigenvalue weighted by Gasteiger charge is -2.35. The Bertz CT molecular complexity index is 1340. The topological polar surface area (TPSA) is 95.6 Å². The number of nitrogens with zero attached hydrogens (tertiary/aromatic N) is 1. The van der Waals surface area contributed by atoms with Gasteiger partial charge in [0.25, 0.3) is 0 Å². The van der Waals surface area contributed by atoms with Crippen molar-refractivity contribution in [3.8, 4) is 0 Å². The molecule has 7 nitrogen and oxygen atoms in total. The summed E-state index contributed by atoms with van der Waals surface area (Å²) in [5.74, 6) is -0.366. The standard InChI is InChI=1S/C22H25F6N3O4S2/c1-14(37(34,35)18-5-3-4-16(12-18)21(23,24)25)15-8-10-31(11-9-15)30-29-19-7-6-17(22(26,27)28)13-20(19)36(2,32)33/h3-7,12-15,29-30H,8-11H2,1-2H3. The van der Waals surface area contributed by atoms with Gasteiger partial charge in [0.1, 0.15) is 0 Å². The third-order valence-corrected chi connectivity index (χ3v) is 9.65. The van der Waals surface area contributed by atoms with Crippen molar-refractivity contribution in [2.45, 2.75) is 47.2 Å². The summed E-state index contributed by atoms with van der Waals surface area (Å²) in [5.41, 5.74) is 3.05. The zero-order valence-corrected chi connectivity index (χ0v) is 21.3. The number of nitrogens with one attached hydrogen (secondary N) is 2. The molecule has 0 spiro atoms. The van der Waals surface area contributed by atoms with Crippen LogP contribution >= 0.6 is 0 Å². The van der Waals surface area contributed by atoms with Crippen LogP contribution in [0.25, 0.3) is 0 Å². The summed E-state index contributed by atoms with van der Waals surface area (Å²) < 4.78 is 128. The lowest BCUT2D eigenvalue weighted by atomic mass is 9.95. The number of halogens is 6. The molecule has 1 unspecified atom stereocenters. The maximum atomic E-state index is 13.0. The molecule has 1 fully saturated rings. The number of hydrazine groups is 2. The average Bonchev–Trinajstić information content (AvgIpc) is 2.81. The molecule has 0 aliphatic carbocycles. The number of rotatable bonds is 7. The van der Waals surface area contributed by atoms with E-state index in [9.17, 15) is 43.2 Å². The zero-order chi connectivity index (χ0) is 27.8. The Morgan fingerprint density at radius 2 is 1.46 bits per heavy atom. The normalized spacial score (nSPS) is 17.5. The van der Waals surface area contributed by atoms with Gasteiger partial charge in [-0.25, -0.2) is 21.8 Å². The number of piperidine rings is 1. The van der Waals surface area contributed by atoms with Crippen LogP contribution in [0, 0.1) is 5.92 Å². The predicted octanol–water partition coefficient (Wildman–Crippen LogP) is 4.53. The molecule has 2 N–H and O–H groups in total. The SMILES string of the molecule is CC(C1CCN(NNc2ccc(C(F)(F)F)cc2S(C)(=O)=O)CC1)S(=O)(=O)c1cccc(C(F)(F)F)c1. The summed E-state index contributed by atoms with van der Waals surface area (Å²) in [6.45, 7) is 2.02.